The number of nitrogens with one attached hydrogen (secondary N) is 1. The number of hydrogen-bond acceptors (Lipinski definition) is 3. The number of benzene rings is 2. The SMILES string of the molecule is Cc1cc(CNC(=O)N(C2CC2)[C@@H](C)c2ccc3ccccc3c2)no1. The van der Waals surface area contributed by atoms with Crippen LogP contribution in [0.15, 0.2) is 53.1 Å². The zero-order valence-electron chi connectivity index (χ0n) is 15.1. The van der Waals surface area contributed by atoms with Gasteiger partial charge in [0.25, 0.3) is 0 Å². The maximum Gasteiger partial charge on any atom is 0.318 e. The van der Waals surface area contributed by atoms with Crippen molar-refractivity contribution in [3.8, 4) is 0 Å². The fourth-order valence-electron chi connectivity index (χ4n) is 3.40. The van der Waals surface area contributed by atoms with E-state index in [9.17, 15) is 4.79 Å². The molecule has 0 bridgehead atoms. The van der Waals surface area contributed by atoms with Crippen molar-refractivity contribution in [3.05, 3.63) is 65.5 Å². The van der Waals surface area contributed by atoms with E-state index in [2.05, 4.69) is 47.7 Å². The highest BCUT2D eigenvalue weighted by Crippen LogP contribution is 2.35. The molecule has 1 aliphatic rings. The number of amides is 2. The van der Waals surface area contributed by atoms with Crippen molar-refractivity contribution >= 4 is 16.8 Å². The van der Waals surface area contributed by atoms with E-state index in [1.54, 1.807) is 0 Å². The first-order valence-electron chi connectivity index (χ1n) is 9.09. The van der Waals surface area contributed by atoms with Gasteiger partial charge in [-0.05, 0) is 49.1 Å². The molecule has 1 aliphatic carbocycles. The Balaban J connectivity index is 1.51. The maximum absolute atomic E-state index is 12.8. The van der Waals surface area contributed by atoms with Crippen LogP contribution in [0.25, 0.3) is 10.8 Å². The lowest BCUT2D eigenvalue weighted by molar-refractivity contribution is 0.174. The van der Waals surface area contributed by atoms with Crippen LogP contribution in [-0.2, 0) is 6.54 Å². The van der Waals surface area contributed by atoms with E-state index in [-0.39, 0.29) is 12.1 Å². The van der Waals surface area contributed by atoms with Crippen LogP contribution in [0.5, 0.6) is 0 Å². The van der Waals surface area contributed by atoms with Crippen LogP contribution in [0.3, 0.4) is 0 Å². The van der Waals surface area contributed by atoms with Crippen molar-refractivity contribution in [1.82, 2.24) is 15.4 Å². The summed E-state index contributed by atoms with van der Waals surface area (Å²) in [5, 5.41) is 9.34. The molecule has 0 spiro atoms. The molecule has 1 saturated carbocycles. The number of aryl methyl sites for hydroxylation is 1. The van der Waals surface area contributed by atoms with Crippen LogP contribution >= 0.6 is 0 Å². The number of carbonyl (C=O) groups is 1. The molecular weight excluding hydrogens is 326 g/mol. The van der Waals surface area contributed by atoms with E-state index in [1.165, 1.54) is 10.8 Å². The van der Waals surface area contributed by atoms with Gasteiger partial charge in [0.2, 0.25) is 0 Å². The molecule has 0 aliphatic heterocycles. The van der Waals surface area contributed by atoms with Gasteiger partial charge < -0.3 is 14.7 Å². The van der Waals surface area contributed by atoms with Gasteiger partial charge in [-0.2, -0.15) is 0 Å². The molecule has 0 saturated heterocycles. The minimum Gasteiger partial charge on any atom is -0.361 e. The summed E-state index contributed by atoms with van der Waals surface area (Å²) in [6, 6.07) is 16.9. The molecule has 1 aromatic heterocycles. The standard InChI is InChI=1S/C21H23N3O2/c1-14-11-19(23-26-14)13-22-21(25)24(20-9-10-20)15(2)17-8-7-16-5-3-4-6-18(16)12-17/h3-8,11-12,15,20H,9-10,13H2,1-2H3,(H,22,25)/t15-/m0/s1. The Morgan fingerprint density at radius 1 is 1.23 bits per heavy atom. The lowest BCUT2D eigenvalue weighted by Gasteiger charge is -2.30. The van der Waals surface area contributed by atoms with E-state index in [0.717, 1.165) is 29.9 Å². The summed E-state index contributed by atoms with van der Waals surface area (Å²) in [6.45, 7) is 4.32. The topological polar surface area (TPSA) is 58.4 Å². The van der Waals surface area contributed by atoms with E-state index < -0.39 is 0 Å². The molecule has 26 heavy (non-hydrogen) atoms. The number of carbonyl (C=O) groups excluding carboxylic acids is 1. The highest BCUT2D eigenvalue weighted by Gasteiger charge is 2.36. The number of fused-ring (bicyclic) bond motifs is 1. The lowest BCUT2D eigenvalue weighted by Crippen LogP contribution is -2.42. The average molecular weight is 349 g/mol. The van der Waals surface area contributed by atoms with Crippen LogP contribution in [-0.4, -0.2) is 22.1 Å². The molecule has 1 fully saturated rings. The molecule has 0 unspecified atom stereocenters. The molecule has 4 rings (SSSR count). The normalized spacial score (nSPS) is 15.0. The van der Waals surface area contributed by atoms with Gasteiger partial charge in [0.15, 0.2) is 0 Å². The largest absolute Gasteiger partial charge is 0.361 e. The number of aromatic nitrogens is 1. The summed E-state index contributed by atoms with van der Waals surface area (Å²) in [5.74, 6) is 0.748. The zero-order chi connectivity index (χ0) is 18.1. The maximum atomic E-state index is 12.8. The van der Waals surface area contributed by atoms with Gasteiger partial charge in [-0.3, -0.25) is 0 Å². The molecular formula is C21H23N3O2. The van der Waals surface area contributed by atoms with E-state index >= 15 is 0 Å². The summed E-state index contributed by atoms with van der Waals surface area (Å²) in [5.41, 5.74) is 1.90. The first-order chi connectivity index (χ1) is 12.6. The van der Waals surface area contributed by atoms with Crippen molar-refractivity contribution < 1.29 is 9.32 Å². The molecule has 1 N–H and O–H groups in total. The second-order valence-electron chi connectivity index (χ2n) is 7.01. The van der Waals surface area contributed by atoms with Crippen molar-refractivity contribution in [1.29, 1.82) is 0 Å². The number of nitrogens with zero attached hydrogens (tertiary/aromatic N) is 2. The fraction of sp³-hybridized carbons (Fsp3) is 0.333. The van der Waals surface area contributed by atoms with Crippen LogP contribution < -0.4 is 5.32 Å². The molecule has 5 heteroatoms. The molecule has 1 heterocycles. The van der Waals surface area contributed by atoms with Crippen molar-refractivity contribution in [2.45, 2.75) is 45.3 Å². The smallest absolute Gasteiger partial charge is 0.318 e. The molecule has 1 atom stereocenters. The molecule has 2 amide bonds. The van der Waals surface area contributed by atoms with E-state index in [0.29, 0.717) is 12.6 Å². The minimum absolute atomic E-state index is 0.0196. The van der Waals surface area contributed by atoms with E-state index in [4.69, 9.17) is 4.52 Å². The van der Waals surface area contributed by atoms with E-state index in [1.807, 2.05) is 30.0 Å². The summed E-state index contributed by atoms with van der Waals surface area (Å²) in [6.07, 6.45) is 2.13. The molecule has 3 aromatic rings. The van der Waals surface area contributed by atoms with Gasteiger partial charge in [-0.15, -0.1) is 0 Å². The Kier molecular flexibility index (Phi) is 4.37. The van der Waals surface area contributed by atoms with Gasteiger partial charge in [-0.25, -0.2) is 4.79 Å². The van der Waals surface area contributed by atoms with Gasteiger partial charge in [0, 0.05) is 12.1 Å². The molecule has 5 nitrogen and oxygen atoms in total. The van der Waals surface area contributed by atoms with Crippen LogP contribution in [0.1, 0.15) is 42.8 Å². The second kappa shape index (κ2) is 6.83. The number of rotatable bonds is 5. The highest BCUT2D eigenvalue weighted by molar-refractivity contribution is 5.83. The second-order valence-corrected chi connectivity index (χ2v) is 7.01. The Morgan fingerprint density at radius 2 is 2.00 bits per heavy atom. The third kappa shape index (κ3) is 3.43. The molecule has 2 aromatic carbocycles. The van der Waals surface area contributed by atoms with Crippen molar-refractivity contribution in [3.63, 3.8) is 0 Å². The average Bonchev–Trinajstić information content (AvgIpc) is 3.40. The molecule has 134 valence electrons. The summed E-state index contributed by atoms with van der Waals surface area (Å²) in [7, 11) is 0. The van der Waals surface area contributed by atoms with Crippen molar-refractivity contribution in [2.75, 3.05) is 0 Å². The third-order valence-corrected chi connectivity index (χ3v) is 4.95. The number of urea groups is 1. The first-order valence-corrected chi connectivity index (χ1v) is 9.09. The van der Waals surface area contributed by atoms with Crippen LogP contribution in [0.4, 0.5) is 4.79 Å². The van der Waals surface area contributed by atoms with Crippen LogP contribution in [0.2, 0.25) is 0 Å². The highest BCUT2D eigenvalue weighted by atomic mass is 16.5. The van der Waals surface area contributed by atoms with Gasteiger partial charge in [0.05, 0.1) is 12.6 Å². The van der Waals surface area contributed by atoms with Crippen molar-refractivity contribution in [2.24, 2.45) is 0 Å². The Morgan fingerprint density at radius 3 is 2.69 bits per heavy atom. The quantitative estimate of drug-likeness (QED) is 0.734. The predicted molar refractivity (Wildman–Crippen MR) is 101 cm³/mol. The fourth-order valence-corrected chi connectivity index (χ4v) is 3.40. The monoisotopic (exact) mass is 349 g/mol. The first kappa shape index (κ1) is 16.6. The third-order valence-electron chi connectivity index (χ3n) is 4.95. The predicted octanol–water partition coefficient (Wildman–Crippen LogP) is 4.57. The Bertz CT molecular complexity index is 930. The number of hydrogen-bond donors (Lipinski definition) is 1. The minimum atomic E-state index is -0.0474. The zero-order valence-corrected chi connectivity index (χ0v) is 15.1. The summed E-state index contributed by atoms with van der Waals surface area (Å²) < 4.78 is 5.06. The Hall–Kier alpha value is -2.82. The van der Waals surface area contributed by atoms with Gasteiger partial charge >= 0.3 is 6.03 Å². The van der Waals surface area contributed by atoms with Gasteiger partial charge in [-0.1, -0.05) is 41.6 Å². The lowest BCUT2D eigenvalue weighted by atomic mass is 10.0. The summed E-state index contributed by atoms with van der Waals surface area (Å²) in [4.78, 5) is 14.8. The Labute approximate surface area is 153 Å². The van der Waals surface area contributed by atoms with Gasteiger partial charge in [0.1, 0.15) is 11.5 Å². The molecule has 0 radical (unpaired) electrons. The summed E-state index contributed by atoms with van der Waals surface area (Å²) >= 11 is 0. The van der Waals surface area contributed by atoms with Crippen LogP contribution in [0, 0.1) is 6.92 Å².